The Morgan fingerprint density at radius 3 is 2.46 bits per heavy atom. The van der Waals surface area contributed by atoms with Gasteiger partial charge in [0.25, 0.3) is 0 Å². The standard InChI is InChI=1S/C18H23F3N2O3/c1-3-16(24)22-12(2)17(25)23-10-8-13(9-11-23)26-15-7-5-4-6-14(15)18(19,20)21/h4-7,12-13H,3,8-11H2,1-2H3,(H,22,24). The van der Waals surface area contributed by atoms with E-state index in [1.54, 1.807) is 18.7 Å². The number of hydrogen-bond donors (Lipinski definition) is 1. The largest absolute Gasteiger partial charge is 0.490 e. The number of alkyl halides is 3. The first-order chi connectivity index (χ1) is 12.2. The van der Waals surface area contributed by atoms with Crippen molar-refractivity contribution in [2.24, 2.45) is 0 Å². The Labute approximate surface area is 150 Å². The Kier molecular flexibility index (Phi) is 6.50. The maximum atomic E-state index is 13.0. The van der Waals surface area contributed by atoms with Gasteiger partial charge in [-0.15, -0.1) is 0 Å². The molecular weight excluding hydrogens is 349 g/mol. The molecule has 8 heteroatoms. The Hall–Kier alpha value is -2.25. The molecule has 26 heavy (non-hydrogen) atoms. The van der Waals surface area contributed by atoms with Crippen LogP contribution in [0.5, 0.6) is 5.75 Å². The summed E-state index contributed by atoms with van der Waals surface area (Å²) in [5, 5.41) is 2.62. The molecule has 1 N–H and O–H groups in total. The number of para-hydroxylation sites is 1. The molecule has 1 aliphatic rings. The van der Waals surface area contributed by atoms with Crippen LogP contribution in [0.1, 0.15) is 38.7 Å². The molecule has 0 aliphatic carbocycles. The van der Waals surface area contributed by atoms with Crippen molar-refractivity contribution in [1.29, 1.82) is 0 Å². The molecule has 1 heterocycles. The van der Waals surface area contributed by atoms with Gasteiger partial charge in [0.1, 0.15) is 17.9 Å². The predicted octanol–water partition coefficient (Wildman–Crippen LogP) is 2.99. The van der Waals surface area contributed by atoms with Crippen LogP contribution in [0.25, 0.3) is 0 Å². The van der Waals surface area contributed by atoms with Crippen molar-refractivity contribution in [1.82, 2.24) is 10.2 Å². The van der Waals surface area contributed by atoms with Gasteiger partial charge in [-0.05, 0) is 19.1 Å². The minimum absolute atomic E-state index is 0.187. The lowest BCUT2D eigenvalue weighted by Crippen LogP contribution is -2.50. The van der Waals surface area contributed by atoms with Gasteiger partial charge in [-0.1, -0.05) is 19.1 Å². The molecule has 1 fully saturated rings. The quantitative estimate of drug-likeness (QED) is 0.865. The average Bonchev–Trinajstić information content (AvgIpc) is 2.61. The number of carbonyl (C=O) groups excluding carboxylic acids is 2. The fraction of sp³-hybridized carbons (Fsp3) is 0.556. The van der Waals surface area contributed by atoms with Crippen molar-refractivity contribution >= 4 is 11.8 Å². The first kappa shape index (κ1) is 20.1. The minimum atomic E-state index is -4.47. The lowest BCUT2D eigenvalue weighted by atomic mass is 10.1. The number of rotatable bonds is 5. The van der Waals surface area contributed by atoms with Crippen molar-refractivity contribution in [3.63, 3.8) is 0 Å². The number of amides is 2. The second kappa shape index (κ2) is 8.42. The van der Waals surface area contributed by atoms with Crippen LogP contribution in [-0.2, 0) is 15.8 Å². The molecule has 144 valence electrons. The first-order valence-corrected chi connectivity index (χ1v) is 8.63. The average molecular weight is 372 g/mol. The minimum Gasteiger partial charge on any atom is -0.490 e. The van der Waals surface area contributed by atoms with E-state index in [1.165, 1.54) is 18.2 Å². The highest BCUT2D eigenvalue weighted by atomic mass is 19.4. The second-order valence-corrected chi connectivity index (χ2v) is 6.28. The molecule has 0 saturated carbocycles. The van der Waals surface area contributed by atoms with Crippen molar-refractivity contribution in [2.75, 3.05) is 13.1 Å². The first-order valence-electron chi connectivity index (χ1n) is 8.63. The zero-order valence-electron chi connectivity index (χ0n) is 14.8. The molecule has 1 unspecified atom stereocenters. The van der Waals surface area contributed by atoms with Gasteiger partial charge < -0.3 is 15.0 Å². The van der Waals surface area contributed by atoms with Crippen LogP contribution < -0.4 is 10.1 Å². The summed E-state index contributed by atoms with van der Waals surface area (Å²) in [7, 11) is 0. The smallest absolute Gasteiger partial charge is 0.419 e. The normalized spacial score (nSPS) is 16.9. The van der Waals surface area contributed by atoms with Crippen LogP contribution in [0, 0.1) is 0 Å². The summed E-state index contributed by atoms with van der Waals surface area (Å²) in [4.78, 5) is 25.3. The number of likely N-dealkylation sites (tertiary alicyclic amines) is 1. The number of nitrogens with one attached hydrogen (secondary N) is 1. The number of hydrogen-bond acceptors (Lipinski definition) is 3. The van der Waals surface area contributed by atoms with Crippen LogP contribution in [0.2, 0.25) is 0 Å². The van der Waals surface area contributed by atoms with E-state index in [2.05, 4.69) is 5.32 Å². The summed E-state index contributed by atoms with van der Waals surface area (Å²) in [6, 6.07) is 4.50. The maximum absolute atomic E-state index is 13.0. The van der Waals surface area contributed by atoms with Gasteiger partial charge in [-0.2, -0.15) is 13.2 Å². The van der Waals surface area contributed by atoms with Crippen LogP contribution >= 0.6 is 0 Å². The van der Waals surface area contributed by atoms with Crippen molar-refractivity contribution < 1.29 is 27.5 Å². The third-order valence-electron chi connectivity index (χ3n) is 4.31. The Morgan fingerprint density at radius 2 is 1.88 bits per heavy atom. The van der Waals surface area contributed by atoms with E-state index in [1.807, 2.05) is 0 Å². The molecule has 0 spiro atoms. The zero-order chi connectivity index (χ0) is 19.3. The lowest BCUT2D eigenvalue weighted by molar-refractivity contribution is -0.140. The molecule has 1 aliphatic heterocycles. The van der Waals surface area contributed by atoms with E-state index < -0.39 is 17.8 Å². The Bertz CT molecular complexity index is 641. The van der Waals surface area contributed by atoms with Crippen LogP contribution in [0.3, 0.4) is 0 Å². The highest BCUT2D eigenvalue weighted by Crippen LogP contribution is 2.36. The lowest BCUT2D eigenvalue weighted by Gasteiger charge is -2.34. The van der Waals surface area contributed by atoms with Crippen molar-refractivity contribution in [3.05, 3.63) is 29.8 Å². The van der Waals surface area contributed by atoms with Crippen LogP contribution in [0.15, 0.2) is 24.3 Å². The third kappa shape index (κ3) is 5.12. The van der Waals surface area contributed by atoms with Gasteiger partial charge in [0.05, 0.1) is 5.56 Å². The molecule has 2 rings (SSSR count). The van der Waals surface area contributed by atoms with Gasteiger partial charge >= 0.3 is 6.18 Å². The van der Waals surface area contributed by atoms with E-state index in [9.17, 15) is 22.8 Å². The van der Waals surface area contributed by atoms with Crippen molar-refractivity contribution in [3.8, 4) is 5.75 Å². The number of nitrogens with zero attached hydrogens (tertiary/aromatic N) is 1. The van der Waals surface area contributed by atoms with E-state index in [4.69, 9.17) is 4.74 Å². The van der Waals surface area contributed by atoms with E-state index >= 15 is 0 Å². The van der Waals surface area contributed by atoms with Gasteiger partial charge in [-0.25, -0.2) is 0 Å². The molecular formula is C18H23F3N2O3. The van der Waals surface area contributed by atoms with E-state index in [0.29, 0.717) is 32.4 Å². The number of ether oxygens (including phenoxy) is 1. The fourth-order valence-electron chi connectivity index (χ4n) is 2.86. The Morgan fingerprint density at radius 1 is 1.27 bits per heavy atom. The van der Waals surface area contributed by atoms with Gasteiger partial charge in [-0.3, -0.25) is 9.59 Å². The fourth-order valence-corrected chi connectivity index (χ4v) is 2.86. The van der Waals surface area contributed by atoms with Crippen LogP contribution in [0.4, 0.5) is 13.2 Å². The highest BCUT2D eigenvalue weighted by molar-refractivity contribution is 5.87. The Balaban J connectivity index is 1.91. The SMILES string of the molecule is CCC(=O)NC(C)C(=O)N1CCC(Oc2ccccc2C(F)(F)F)CC1. The van der Waals surface area contributed by atoms with Gasteiger partial charge in [0.15, 0.2) is 0 Å². The monoisotopic (exact) mass is 372 g/mol. The molecule has 1 aromatic rings. The van der Waals surface area contributed by atoms with Gasteiger partial charge in [0.2, 0.25) is 11.8 Å². The maximum Gasteiger partial charge on any atom is 0.419 e. The number of piperidine rings is 1. The summed E-state index contributed by atoms with van der Waals surface area (Å²) in [5.41, 5.74) is -0.797. The summed E-state index contributed by atoms with van der Waals surface area (Å²) in [6.45, 7) is 4.08. The molecule has 0 aromatic heterocycles. The molecule has 1 atom stereocenters. The highest BCUT2D eigenvalue weighted by Gasteiger charge is 2.35. The number of benzene rings is 1. The number of halogens is 3. The third-order valence-corrected chi connectivity index (χ3v) is 4.31. The topological polar surface area (TPSA) is 58.6 Å². The molecule has 1 saturated heterocycles. The summed E-state index contributed by atoms with van der Waals surface area (Å²) in [6.07, 6.45) is -3.69. The molecule has 0 radical (unpaired) electrons. The van der Waals surface area contributed by atoms with Gasteiger partial charge in [0, 0.05) is 32.4 Å². The zero-order valence-corrected chi connectivity index (χ0v) is 14.8. The summed E-state index contributed by atoms with van der Waals surface area (Å²) >= 11 is 0. The summed E-state index contributed by atoms with van der Waals surface area (Å²) < 4.78 is 44.6. The molecule has 1 aromatic carbocycles. The van der Waals surface area contributed by atoms with Crippen LogP contribution in [-0.4, -0.2) is 41.9 Å². The predicted molar refractivity (Wildman–Crippen MR) is 89.6 cm³/mol. The molecule has 5 nitrogen and oxygen atoms in total. The second-order valence-electron chi connectivity index (χ2n) is 6.28. The van der Waals surface area contributed by atoms with E-state index in [-0.39, 0.29) is 23.7 Å². The number of carbonyl (C=O) groups is 2. The molecule has 2 amide bonds. The van der Waals surface area contributed by atoms with Crippen molar-refractivity contribution in [2.45, 2.75) is 51.4 Å². The van der Waals surface area contributed by atoms with E-state index in [0.717, 1.165) is 6.07 Å². The summed E-state index contributed by atoms with van der Waals surface area (Å²) in [5.74, 6) is -0.581. The molecule has 0 bridgehead atoms.